The highest BCUT2D eigenvalue weighted by molar-refractivity contribution is 5.89. The van der Waals surface area contributed by atoms with Crippen molar-refractivity contribution in [1.82, 2.24) is 4.90 Å². The Kier molecular flexibility index (Phi) is 3.10. The molecule has 1 saturated heterocycles. The van der Waals surface area contributed by atoms with E-state index < -0.39 is 0 Å². The van der Waals surface area contributed by atoms with Crippen LogP contribution in [0, 0.1) is 12.8 Å². The standard InChI is InChI=1S/C12H17N3O/c1-9-3-2-4-11(5-9)14-12(16)15-7-10(6-13)8-15/h2-5,10H,6-8,13H2,1H3,(H,14,16). The monoisotopic (exact) mass is 219 g/mol. The highest BCUT2D eigenvalue weighted by Gasteiger charge is 2.29. The van der Waals surface area contributed by atoms with Gasteiger partial charge in [0.15, 0.2) is 0 Å². The molecule has 2 rings (SSSR count). The fourth-order valence-corrected chi connectivity index (χ4v) is 1.81. The van der Waals surface area contributed by atoms with Gasteiger partial charge in [0, 0.05) is 24.7 Å². The Balaban J connectivity index is 1.89. The molecule has 3 N–H and O–H groups in total. The Hall–Kier alpha value is -1.55. The van der Waals surface area contributed by atoms with E-state index in [0.717, 1.165) is 24.3 Å². The van der Waals surface area contributed by atoms with E-state index in [4.69, 9.17) is 5.73 Å². The summed E-state index contributed by atoms with van der Waals surface area (Å²) in [6.45, 7) is 4.21. The van der Waals surface area contributed by atoms with Gasteiger partial charge in [-0.3, -0.25) is 0 Å². The van der Waals surface area contributed by atoms with E-state index in [1.807, 2.05) is 31.2 Å². The molecule has 1 aromatic carbocycles. The number of benzene rings is 1. The SMILES string of the molecule is Cc1cccc(NC(=O)N2CC(CN)C2)c1. The number of nitrogens with two attached hydrogens (primary N) is 1. The predicted octanol–water partition coefficient (Wildman–Crippen LogP) is 1.42. The van der Waals surface area contributed by atoms with Gasteiger partial charge in [0.05, 0.1) is 0 Å². The molecule has 16 heavy (non-hydrogen) atoms. The summed E-state index contributed by atoms with van der Waals surface area (Å²) in [4.78, 5) is 13.5. The third-order valence-corrected chi connectivity index (χ3v) is 2.85. The van der Waals surface area contributed by atoms with Crippen molar-refractivity contribution in [3.63, 3.8) is 0 Å². The normalized spacial score (nSPS) is 15.8. The largest absolute Gasteiger partial charge is 0.330 e. The molecule has 86 valence electrons. The molecule has 1 heterocycles. The number of nitrogens with zero attached hydrogens (tertiary/aromatic N) is 1. The molecule has 4 nitrogen and oxygen atoms in total. The van der Waals surface area contributed by atoms with E-state index in [9.17, 15) is 4.79 Å². The zero-order chi connectivity index (χ0) is 11.5. The number of carbonyl (C=O) groups is 1. The van der Waals surface area contributed by atoms with E-state index in [1.165, 1.54) is 0 Å². The third-order valence-electron chi connectivity index (χ3n) is 2.85. The highest BCUT2D eigenvalue weighted by atomic mass is 16.2. The molecule has 0 aliphatic carbocycles. The van der Waals surface area contributed by atoms with Crippen molar-refractivity contribution in [2.24, 2.45) is 11.7 Å². The average molecular weight is 219 g/mol. The molecule has 4 heteroatoms. The number of amides is 2. The zero-order valence-corrected chi connectivity index (χ0v) is 9.44. The zero-order valence-electron chi connectivity index (χ0n) is 9.44. The molecule has 1 aromatic rings. The van der Waals surface area contributed by atoms with E-state index >= 15 is 0 Å². The van der Waals surface area contributed by atoms with E-state index in [0.29, 0.717) is 12.5 Å². The van der Waals surface area contributed by atoms with Gasteiger partial charge in [-0.1, -0.05) is 12.1 Å². The van der Waals surface area contributed by atoms with Crippen molar-refractivity contribution >= 4 is 11.7 Å². The lowest BCUT2D eigenvalue weighted by molar-refractivity contribution is 0.135. The molecular formula is C12H17N3O. The Morgan fingerprint density at radius 1 is 1.56 bits per heavy atom. The van der Waals surface area contributed by atoms with Crippen molar-refractivity contribution < 1.29 is 4.79 Å². The number of anilines is 1. The fraction of sp³-hybridized carbons (Fsp3) is 0.417. The number of hydrogen-bond acceptors (Lipinski definition) is 2. The van der Waals surface area contributed by atoms with E-state index in [2.05, 4.69) is 5.32 Å². The van der Waals surface area contributed by atoms with Crippen molar-refractivity contribution in [2.45, 2.75) is 6.92 Å². The molecule has 1 aliphatic heterocycles. The van der Waals surface area contributed by atoms with Gasteiger partial charge >= 0.3 is 6.03 Å². The number of hydrogen-bond donors (Lipinski definition) is 2. The van der Waals surface area contributed by atoms with Gasteiger partial charge in [0.25, 0.3) is 0 Å². The van der Waals surface area contributed by atoms with Gasteiger partial charge in [-0.05, 0) is 31.2 Å². The molecule has 0 saturated carbocycles. The first-order valence-corrected chi connectivity index (χ1v) is 5.51. The van der Waals surface area contributed by atoms with Gasteiger partial charge in [0.1, 0.15) is 0 Å². The number of urea groups is 1. The number of aryl methyl sites for hydroxylation is 1. The van der Waals surface area contributed by atoms with Crippen LogP contribution in [0.3, 0.4) is 0 Å². The van der Waals surface area contributed by atoms with Crippen molar-refractivity contribution in [3.8, 4) is 0 Å². The summed E-state index contributed by atoms with van der Waals surface area (Å²) in [6.07, 6.45) is 0. The summed E-state index contributed by atoms with van der Waals surface area (Å²) >= 11 is 0. The molecule has 1 aliphatic rings. The molecule has 0 aromatic heterocycles. The summed E-state index contributed by atoms with van der Waals surface area (Å²) in [7, 11) is 0. The first-order valence-electron chi connectivity index (χ1n) is 5.51. The Morgan fingerprint density at radius 3 is 2.94 bits per heavy atom. The minimum Gasteiger partial charge on any atom is -0.330 e. The Morgan fingerprint density at radius 2 is 2.31 bits per heavy atom. The van der Waals surface area contributed by atoms with E-state index in [-0.39, 0.29) is 6.03 Å². The maximum atomic E-state index is 11.7. The molecule has 0 radical (unpaired) electrons. The maximum Gasteiger partial charge on any atom is 0.321 e. The topological polar surface area (TPSA) is 58.4 Å². The highest BCUT2D eigenvalue weighted by Crippen LogP contribution is 2.16. The van der Waals surface area contributed by atoms with Crippen LogP contribution >= 0.6 is 0 Å². The molecule has 0 unspecified atom stereocenters. The fourth-order valence-electron chi connectivity index (χ4n) is 1.81. The van der Waals surface area contributed by atoms with Crippen molar-refractivity contribution in [1.29, 1.82) is 0 Å². The third kappa shape index (κ3) is 2.33. The van der Waals surface area contributed by atoms with Crippen LogP contribution in [-0.2, 0) is 0 Å². The molecule has 0 bridgehead atoms. The van der Waals surface area contributed by atoms with Gasteiger partial charge in [-0.15, -0.1) is 0 Å². The van der Waals surface area contributed by atoms with Crippen LogP contribution in [0.1, 0.15) is 5.56 Å². The van der Waals surface area contributed by atoms with Gasteiger partial charge in [0.2, 0.25) is 0 Å². The Bertz CT molecular complexity index is 386. The lowest BCUT2D eigenvalue weighted by atomic mass is 10.0. The average Bonchev–Trinajstić information content (AvgIpc) is 2.15. The lowest BCUT2D eigenvalue weighted by Crippen LogP contribution is -2.53. The van der Waals surface area contributed by atoms with Crippen LogP contribution in [0.15, 0.2) is 24.3 Å². The summed E-state index contributed by atoms with van der Waals surface area (Å²) in [6, 6.07) is 7.76. The van der Waals surface area contributed by atoms with Crippen LogP contribution in [0.4, 0.5) is 10.5 Å². The van der Waals surface area contributed by atoms with Gasteiger partial charge in [-0.25, -0.2) is 4.79 Å². The van der Waals surface area contributed by atoms with Crippen LogP contribution in [-0.4, -0.2) is 30.6 Å². The summed E-state index contributed by atoms with van der Waals surface area (Å²) in [5.41, 5.74) is 7.50. The van der Waals surface area contributed by atoms with Crippen molar-refractivity contribution in [2.75, 3.05) is 25.0 Å². The number of nitrogens with one attached hydrogen (secondary N) is 1. The molecule has 0 atom stereocenters. The minimum atomic E-state index is -0.0321. The van der Waals surface area contributed by atoms with Crippen LogP contribution < -0.4 is 11.1 Å². The number of carbonyl (C=O) groups excluding carboxylic acids is 1. The molecule has 0 spiro atoms. The van der Waals surface area contributed by atoms with Crippen molar-refractivity contribution in [3.05, 3.63) is 29.8 Å². The first-order chi connectivity index (χ1) is 7.69. The smallest absolute Gasteiger partial charge is 0.321 e. The molecule has 2 amide bonds. The quantitative estimate of drug-likeness (QED) is 0.790. The minimum absolute atomic E-state index is 0.0321. The number of rotatable bonds is 2. The van der Waals surface area contributed by atoms with Crippen LogP contribution in [0.25, 0.3) is 0 Å². The molecule has 1 fully saturated rings. The lowest BCUT2D eigenvalue weighted by Gasteiger charge is -2.38. The van der Waals surface area contributed by atoms with Gasteiger partial charge < -0.3 is 16.0 Å². The maximum absolute atomic E-state index is 11.7. The predicted molar refractivity (Wildman–Crippen MR) is 64.3 cm³/mol. The second-order valence-electron chi connectivity index (χ2n) is 4.31. The summed E-state index contributed by atoms with van der Waals surface area (Å²) in [5, 5.41) is 2.88. The van der Waals surface area contributed by atoms with Crippen LogP contribution in [0.5, 0.6) is 0 Å². The second kappa shape index (κ2) is 4.53. The summed E-state index contributed by atoms with van der Waals surface area (Å²) in [5.74, 6) is 0.475. The van der Waals surface area contributed by atoms with E-state index in [1.54, 1.807) is 4.90 Å². The second-order valence-corrected chi connectivity index (χ2v) is 4.31. The Labute approximate surface area is 95.4 Å². The van der Waals surface area contributed by atoms with Crippen LogP contribution in [0.2, 0.25) is 0 Å². The molecular weight excluding hydrogens is 202 g/mol. The first kappa shape index (κ1) is 11.0. The summed E-state index contributed by atoms with van der Waals surface area (Å²) < 4.78 is 0. The number of likely N-dealkylation sites (tertiary alicyclic amines) is 1. The van der Waals surface area contributed by atoms with Gasteiger partial charge in [-0.2, -0.15) is 0 Å².